The van der Waals surface area contributed by atoms with Gasteiger partial charge in [0, 0.05) is 0 Å². The third kappa shape index (κ3) is 4.15. The van der Waals surface area contributed by atoms with E-state index in [0.717, 1.165) is 22.3 Å². The molecule has 2 aromatic carbocycles. The number of para-hydroxylation sites is 1. The molecule has 0 amide bonds. The zero-order valence-corrected chi connectivity index (χ0v) is 15.3. The number of nitrogens with zero attached hydrogens (tertiary/aromatic N) is 2. The van der Waals surface area contributed by atoms with Gasteiger partial charge in [0.15, 0.2) is 11.5 Å². The lowest BCUT2D eigenvalue weighted by molar-refractivity contribution is 0.265. The predicted molar refractivity (Wildman–Crippen MR) is 99.0 cm³/mol. The molecule has 0 fully saturated rings. The fourth-order valence-electron chi connectivity index (χ4n) is 2.58. The minimum absolute atomic E-state index is 0.0650. The van der Waals surface area contributed by atoms with Crippen LogP contribution in [0.3, 0.4) is 0 Å². The zero-order chi connectivity index (χ0) is 19.1. The minimum Gasteiger partial charge on any atom is -0.493 e. The average molecular weight is 348 g/mol. The molecule has 0 aliphatic rings. The highest BCUT2D eigenvalue weighted by Gasteiger charge is 2.13. The van der Waals surface area contributed by atoms with Gasteiger partial charge in [0.1, 0.15) is 24.3 Å². The Bertz CT molecular complexity index is 880. The van der Waals surface area contributed by atoms with E-state index in [-0.39, 0.29) is 5.57 Å². The van der Waals surface area contributed by atoms with Gasteiger partial charge in [-0.3, -0.25) is 0 Å². The molecule has 0 atom stereocenters. The van der Waals surface area contributed by atoms with Gasteiger partial charge in [-0.05, 0) is 60.4 Å². The first-order chi connectivity index (χ1) is 12.5. The van der Waals surface area contributed by atoms with E-state index < -0.39 is 0 Å². The Morgan fingerprint density at radius 2 is 1.62 bits per heavy atom. The SMILES string of the molecule is COc1cccc(OC)c1OCc1cc(C=C(C#N)C#N)c(C)cc1C. The summed E-state index contributed by atoms with van der Waals surface area (Å²) in [6.07, 6.45) is 1.59. The summed E-state index contributed by atoms with van der Waals surface area (Å²) in [5.41, 5.74) is 3.88. The highest BCUT2D eigenvalue weighted by Crippen LogP contribution is 2.37. The lowest BCUT2D eigenvalue weighted by Gasteiger charge is -2.16. The van der Waals surface area contributed by atoms with Gasteiger partial charge in [0.2, 0.25) is 5.75 Å². The molecule has 0 aliphatic carbocycles. The molecule has 0 saturated heterocycles. The first-order valence-electron chi connectivity index (χ1n) is 7.99. The van der Waals surface area contributed by atoms with Crippen LogP contribution >= 0.6 is 0 Å². The largest absolute Gasteiger partial charge is 0.493 e. The van der Waals surface area contributed by atoms with Gasteiger partial charge in [-0.25, -0.2) is 0 Å². The van der Waals surface area contributed by atoms with Gasteiger partial charge in [-0.15, -0.1) is 0 Å². The number of allylic oxidation sites excluding steroid dienone is 1. The molecule has 2 aromatic rings. The molecule has 0 heterocycles. The summed E-state index contributed by atoms with van der Waals surface area (Å²) in [6, 6.07) is 13.2. The molecule has 2 rings (SSSR count). The Hall–Kier alpha value is -3.44. The van der Waals surface area contributed by atoms with Gasteiger partial charge < -0.3 is 14.2 Å². The van der Waals surface area contributed by atoms with Crippen LogP contribution in [0.1, 0.15) is 22.3 Å². The Labute approximate surface area is 153 Å². The smallest absolute Gasteiger partial charge is 0.203 e. The van der Waals surface area contributed by atoms with Crippen LogP contribution in [-0.4, -0.2) is 14.2 Å². The van der Waals surface area contributed by atoms with Crippen molar-refractivity contribution < 1.29 is 14.2 Å². The van der Waals surface area contributed by atoms with Crippen LogP contribution in [-0.2, 0) is 6.61 Å². The fourth-order valence-corrected chi connectivity index (χ4v) is 2.58. The third-order valence-corrected chi connectivity index (χ3v) is 4.02. The molecule has 26 heavy (non-hydrogen) atoms. The predicted octanol–water partition coefficient (Wildman–Crippen LogP) is 4.33. The Balaban J connectivity index is 2.36. The minimum atomic E-state index is 0.0650. The van der Waals surface area contributed by atoms with Crippen molar-refractivity contribution in [1.82, 2.24) is 0 Å². The number of methoxy groups -OCH3 is 2. The van der Waals surface area contributed by atoms with Crippen molar-refractivity contribution in [2.45, 2.75) is 20.5 Å². The second kappa shape index (κ2) is 8.60. The Morgan fingerprint density at radius 3 is 2.15 bits per heavy atom. The normalized spacial score (nSPS) is 9.62. The zero-order valence-electron chi connectivity index (χ0n) is 15.3. The van der Waals surface area contributed by atoms with Crippen molar-refractivity contribution in [2.75, 3.05) is 14.2 Å². The van der Waals surface area contributed by atoms with Crippen LogP contribution in [0.4, 0.5) is 0 Å². The summed E-state index contributed by atoms with van der Waals surface area (Å²) in [6.45, 7) is 4.24. The first kappa shape index (κ1) is 18.9. The van der Waals surface area contributed by atoms with Gasteiger partial charge in [-0.1, -0.05) is 12.1 Å². The van der Waals surface area contributed by atoms with E-state index in [1.807, 2.05) is 44.2 Å². The summed E-state index contributed by atoms with van der Waals surface area (Å²) in [4.78, 5) is 0. The number of ether oxygens (including phenoxy) is 3. The van der Waals surface area contributed by atoms with E-state index in [4.69, 9.17) is 24.7 Å². The quantitative estimate of drug-likeness (QED) is 0.726. The molecule has 5 nitrogen and oxygen atoms in total. The maximum absolute atomic E-state index is 8.98. The summed E-state index contributed by atoms with van der Waals surface area (Å²) in [7, 11) is 3.15. The van der Waals surface area contributed by atoms with E-state index in [1.54, 1.807) is 32.4 Å². The van der Waals surface area contributed by atoms with Crippen molar-refractivity contribution in [2.24, 2.45) is 0 Å². The van der Waals surface area contributed by atoms with E-state index in [2.05, 4.69) is 0 Å². The van der Waals surface area contributed by atoms with Crippen molar-refractivity contribution in [3.05, 3.63) is 58.2 Å². The second-order valence-corrected chi connectivity index (χ2v) is 5.70. The topological polar surface area (TPSA) is 75.3 Å². The molecule has 0 aliphatic heterocycles. The summed E-state index contributed by atoms with van der Waals surface area (Å²) in [5, 5.41) is 18.0. The number of rotatable bonds is 6. The lowest BCUT2D eigenvalue weighted by Crippen LogP contribution is -2.02. The van der Waals surface area contributed by atoms with Gasteiger partial charge >= 0.3 is 0 Å². The molecule has 0 radical (unpaired) electrons. The number of benzene rings is 2. The van der Waals surface area contributed by atoms with Gasteiger partial charge in [-0.2, -0.15) is 10.5 Å². The Morgan fingerprint density at radius 1 is 1.00 bits per heavy atom. The van der Waals surface area contributed by atoms with Crippen LogP contribution in [0.15, 0.2) is 35.9 Å². The van der Waals surface area contributed by atoms with Crippen molar-refractivity contribution in [3.63, 3.8) is 0 Å². The van der Waals surface area contributed by atoms with Crippen LogP contribution in [0.25, 0.3) is 6.08 Å². The molecular formula is C21H20N2O3. The maximum atomic E-state index is 8.98. The molecule has 0 N–H and O–H groups in total. The van der Waals surface area contributed by atoms with E-state index in [1.165, 1.54) is 0 Å². The second-order valence-electron chi connectivity index (χ2n) is 5.70. The molecule has 5 heteroatoms. The monoisotopic (exact) mass is 348 g/mol. The van der Waals surface area contributed by atoms with E-state index in [0.29, 0.717) is 23.9 Å². The summed E-state index contributed by atoms with van der Waals surface area (Å²) >= 11 is 0. The molecule has 0 bridgehead atoms. The van der Waals surface area contributed by atoms with Crippen LogP contribution in [0, 0.1) is 36.5 Å². The van der Waals surface area contributed by atoms with Crippen molar-refractivity contribution >= 4 is 6.08 Å². The Kier molecular flexibility index (Phi) is 6.25. The molecule has 0 spiro atoms. The van der Waals surface area contributed by atoms with Gasteiger partial charge in [0.25, 0.3) is 0 Å². The molecule has 0 aromatic heterocycles. The average Bonchev–Trinajstić information content (AvgIpc) is 2.66. The summed E-state index contributed by atoms with van der Waals surface area (Å²) < 4.78 is 16.7. The van der Waals surface area contributed by atoms with Gasteiger partial charge in [0.05, 0.1) is 14.2 Å². The third-order valence-electron chi connectivity index (χ3n) is 4.02. The molecule has 0 unspecified atom stereocenters. The van der Waals surface area contributed by atoms with Crippen LogP contribution < -0.4 is 14.2 Å². The molecule has 0 saturated carbocycles. The fraction of sp³-hybridized carbons (Fsp3) is 0.238. The van der Waals surface area contributed by atoms with E-state index in [9.17, 15) is 0 Å². The van der Waals surface area contributed by atoms with E-state index >= 15 is 0 Å². The molecule has 132 valence electrons. The number of hydrogen-bond donors (Lipinski definition) is 0. The molecular weight excluding hydrogens is 328 g/mol. The maximum Gasteiger partial charge on any atom is 0.203 e. The standard InChI is InChI=1S/C21H20N2O3/c1-14-8-15(2)18(10-17(14)9-16(11-22)12-23)13-26-21-19(24-3)6-5-7-20(21)25-4/h5-10H,13H2,1-4H3. The van der Waals surface area contributed by atoms with Crippen molar-refractivity contribution in [1.29, 1.82) is 10.5 Å². The lowest BCUT2D eigenvalue weighted by atomic mass is 9.99. The summed E-state index contributed by atoms with van der Waals surface area (Å²) in [5.74, 6) is 1.71. The van der Waals surface area contributed by atoms with Crippen LogP contribution in [0.5, 0.6) is 17.2 Å². The first-order valence-corrected chi connectivity index (χ1v) is 7.99. The highest BCUT2D eigenvalue weighted by molar-refractivity contribution is 5.65. The number of nitriles is 2. The highest BCUT2D eigenvalue weighted by atomic mass is 16.5. The number of hydrogen-bond acceptors (Lipinski definition) is 5. The number of aryl methyl sites for hydroxylation is 2. The van der Waals surface area contributed by atoms with Crippen molar-refractivity contribution in [3.8, 4) is 29.4 Å². The van der Waals surface area contributed by atoms with Crippen LogP contribution in [0.2, 0.25) is 0 Å².